The Morgan fingerprint density at radius 3 is 2.58 bits per heavy atom. The van der Waals surface area contributed by atoms with Gasteiger partial charge >= 0.3 is 6.36 Å². The van der Waals surface area contributed by atoms with Gasteiger partial charge in [0.1, 0.15) is 17.7 Å². The molecule has 2 N–H and O–H groups in total. The number of alkyl halides is 3. The lowest BCUT2D eigenvalue weighted by molar-refractivity contribution is -0.342. The standard InChI is InChI=1S/C18H26F3N3O2/c1-4-16(26-18(19,20)21)12(2)13(3)25-15-5-8-23-17(11-15)24-9-6-14(22)7-10-24/h4-5,8,11-14,16H,1,6-7,9-10,22H2,2-3H3/t12-,13-,16?/m1/s1. The SMILES string of the molecule is C=CC(OC(F)(F)F)[C@H](C)[C@@H](C)Oc1ccnc(N2CCC(N)CC2)c1. The highest BCUT2D eigenvalue weighted by Crippen LogP contribution is 2.27. The summed E-state index contributed by atoms with van der Waals surface area (Å²) in [6.07, 6.45) is -1.83. The van der Waals surface area contributed by atoms with E-state index in [4.69, 9.17) is 10.5 Å². The maximum Gasteiger partial charge on any atom is 0.523 e. The normalized spacial score (nSPS) is 19.7. The van der Waals surface area contributed by atoms with Crippen LogP contribution in [0.5, 0.6) is 5.75 Å². The fourth-order valence-electron chi connectivity index (χ4n) is 2.89. The summed E-state index contributed by atoms with van der Waals surface area (Å²) in [5.41, 5.74) is 5.92. The molecule has 1 aliphatic heterocycles. The van der Waals surface area contributed by atoms with Crippen LogP contribution in [0.15, 0.2) is 31.0 Å². The molecular formula is C18H26F3N3O2. The number of nitrogens with zero attached hydrogens (tertiary/aromatic N) is 2. The van der Waals surface area contributed by atoms with Gasteiger partial charge in [0.25, 0.3) is 0 Å². The number of halogens is 3. The van der Waals surface area contributed by atoms with Crippen LogP contribution in [0, 0.1) is 5.92 Å². The second kappa shape index (κ2) is 8.73. The first kappa shape index (κ1) is 20.5. The molecule has 1 unspecified atom stereocenters. The summed E-state index contributed by atoms with van der Waals surface area (Å²) in [5, 5.41) is 0. The van der Waals surface area contributed by atoms with E-state index in [9.17, 15) is 13.2 Å². The van der Waals surface area contributed by atoms with Crippen molar-refractivity contribution in [3.8, 4) is 5.75 Å². The van der Waals surface area contributed by atoms with Gasteiger partial charge in [-0.25, -0.2) is 4.98 Å². The third-order valence-electron chi connectivity index (χ3n) is 4.66. The molecule has 1 aliphatic rings. The summed E-state index contributed by atoms with van der Waals surface area (Å²) >= 11 is 0. The molecule has 1 fully saturated rings. The molecule has 2 heterocycles. The summed E-state index contributed by atoms with van der Waals surface area (Å²) in [6, 6.07) is 3.71. The predicted molar refractivity (Wildman–Crippen MR) is 94.0 cm³/mol. The molecule has 0 aromatic carbocycles. The van der Waals surface area contributed by atoms with Crippen LogP contribution in [-0.4, -0.2) is 42.7 Å². The van der Waals surface area contributed by atoms with Gasteiger partial charge in [-0.1, -0.05) is 13.0 Å². The van der Waals surface area contributed by atoms with Crippen LogP contribution in [0.1, 0.15) is 26.7 Å². The van der Waals surface area contributed by atoms with Gasteiger partial charge in [-0.05, 0) is 25.8 Å². The molecular weight excluding hydrogens is 347 g/mol. The van der Waals surface area contributed by atoms with E-state index in [0.29, 0.717) is 5.75 Å². The van der Waals surface area contributed by atoms with Crippen LogP contribution in [-0.2, 0) is 4.74 Å². The zero-order valence-corrected chi connectivity index (χ0v) is 15.1. The van der Waals surface area contributed by atoms with Gasteiger partial charge in [0.15, 0.2) is 0 Å². The minimum absolute atomic E-state index is 0.219. The number of ether oxygens (including phenoxy) is 2. The zero-order valence-electron chi connectivity index (χ0n) is 15.1. The van der Waals surface area contributed by atoms with E-state index < -0.39 is 24.5 Å². The fraction of sp³-hybridized carbons (Fsp3) is 0.611. The molecule has 8 heteroatoms. The summed E-state index contributed by atoms with van der Waals surface area (Å²) in [5.74, 6) is 0.791. The van der Waals surface area contributed by atoms with Crippen molar-refractivity contribution in [1.82, 2.24) is 4.98 Å². The van der Waals surface area contributed by atoms with E-state index in [1.165, 1.54) is 0 Å². The molecule has 0 spiro atoms. The lowest BCUT2D eigenvalue weighted by Gasteiger charge is -2.31. The number of aromatic nitrogens is 1. The van der Waals surface area contributed by atoms with Crippen molar-refractivity contribution in [3.63, 3.8) is 0 Å². The van der Waals surface area contributed by atoms with Crippen LogP contribution in [0.3, 0.4) is 0 Å². The second-order valence-corrected chi connectivity index (χ2v) is 6.62. The number of anilines is 1. The van der Waals surface area contributed by atoms with E-state index in [-0.39, 0.29) is 6.04 Å². The minimum atomic E-state index is -4.72. The fourth-order valence-corrected chi connectivity index (χ4v) is 2.89. The number of hydrogen-bond donors (Lipinski definition) is 1. The number of hydrogen-bond acceptors (Lipinski definition) is 5. The molecule has 0 radical (unpaired) electrons. The number of nitrogens with two attached hydrogens (primary N) is 1. The Morgan fingerprint density at radius 2 is 2.00 bits per heavy atom. The minimum Gasteiger partial charge on any atom is -0.490 e. The highest BCUT2D eigenvalue weighted by Gasteiger charge is 2.36. The Labute approximate surface area is 152 Å². The van der Waals surface area contributed by atoms with Gasteiger partial charge in [-0.3, -0.25) is 4.74 Å². The van der Waals surface area contributed by atoms with Crippen molar-refractivity contribution in [3.05, 3.63) is 31.0 Å². The quantitative estimate of drug-likeness (QED) is 0.741. The molecule has 3 atom stereocenters. The maximum atomic E-state index is 12.5. The topological polar surface area (TPSA) is 60.6 Å². The average Bonchev–Trinajstić information content (AvgIpc) is 2.59. The Hall–Kier alpha value is -1.80. The third-order valence-corrected chi connectivity index (χ3v) is 4.66. The third kappa shape index (κ3) is 5.88. The first-order chi connectivity index (χ1) is 12.2. The Kier molecular flexibility index (Phi) is 6.88. The highest BCUT2D eigenvalue weighted by atomic mass is 19.4. The molecule has 5 nitrogen and oxygen atoms in total. The van der Waals surface area contributed by atoms with E-state index in [0.717, 1.165) is 37.8 Å². The van der Waals surface area contributed by atoms with Crippen LogP contribution >= 0.6 is 0 Å². The smallest absolute Gasteiger partial charge is 0.490 e. The van der Waals surface area contributed by atoms with Gasteiger partial charge < -0.3 is 15.4 Å². The van der Waals surface area contributed by atoms with Crippen molar-refractivity contribution in [1.29, 1.82) is 0 Å². The molecule has 1 aromatic rings. The lowest BCUT2D eigenvalue weighted by Crippen LogP contribution is -2.40. The molecule has 1 aromatic heterocycles. The van der Waals surface area contributed by atoms with Crippen LogP contribution in [0.25, 0.3) is 0 Å². The van der Waals surface area contributed by atoms with Gasteiger partial charge in [-0.15, -0.1) is 19.8 Å². The number of pyridine rings is 1. The summed E-state index contributed by atoms with van der Waals surface area (Å²) in [6.45, 7) is 8.42. The van der Waals surface area contributed by atoms with Crippen molar-refractivity contribution in [2.75, 3.05) is 18.0 Å². The average molecular weight is 373 g/mol. The molecule has 0 aliphatic carbocycles. The van der Waals surface area contributed by atoms with Gasteiger partial charge in [0, 0.05) is 37.3 Å². The largest absolute Gasteiger partial charge is 0.523 e. The number of rotatable bonds is 7. The molecule has 0 amide bonds. The van der Waals surface area contributed by atoms with Crippen molar-refractivity contribution in [2.45, 2.75) is 51.3 Å². The predicted octanol–water partition coefficient (Wildman–Crippen LogP) is 3.50. The summed E-state index contributed by atoms with van der Waals surface area (Å²) in [7, 11) is 0. The van der Waals surface area contributed by atoms with E-state index in [1.54, 1.807) is 32.2 Å². The first-order valence-corrected chi connectivity index (χ1v) is 8.70. The summed E-state index contributed by atoms with van der Waals surface area (Å²) in [4.78, 5) is 6.48. The Balaban J connectivity index is 2.00. The van der Waals surface area contributed by atoms with Gasteiger partial charge in [0.2, 0.25) is 0 Å². The molecule has 1 saturated heterocycles. The summed E-state index contributed by atoms with van der Waals surface area (Å²) < 4.78 is 47.4. The van der Waals surface area contributed by atoms with E-state index in [2.05, 4.69) is 21.2 Å². The molecule has 0 saturated carbocycles. The molecule has 2 rings (SSSR count). The molecule has 26 heavy (non-hydrogen) atoms. The van der Waals surface area contributed by atoms with Crippen molar-refractivity contribution < 1.29 is 22.6 Å². The monoisotopic (exact) mass is 373 g/mol. The zero-order chi connectivity index (χ0) is 19.3. The lowest BCUT2D eigenvalue weighted by atomic mass is 9.99. The Morgan fingerprint density at radius 1 is 1.35 bits per heavy atom. The van der Waals surface area contributed by atoms with E-state index >= 15 is 0 Å². The molecule has 0 bridgehead atoms. The van der Waals surface area contributed by atoms with Gasteiger partial charge in [-0.2, -0.15) is 0 Å². The van der Waals surface area contributed by atoms with E-state index in [1.807, 2.05) is 0 Å². The first-order valence-electron chi connectivity index (χ1n) is 8.70. The Bertz CT molecular complexity index is 589. The maximum absolute atomic E-state index is 12.5. The number of piperidine rings is 1. The van der Waals surface area contributed by atoms with Crippen molar-refractivity contribution >= 4 is 5.82 Å². The van der Waals surface area contributed by atoms with Crippen molar-refractivity contribution in [2.24, 2.45) is 11.7 Å². The van der Waals surface area contributed by atoms with Crippen LogP contribution in [0.4, 0.5) is 19.0 Å². The van der Waals surface area contributed by atoms with Crippen LogP contribution < -0.4 is 15.4 Å². The van der Waals surface area contributed by atoms with Gasteiger partial charge in [0.05, 0.1) is 6.10 Å². The van der Waals surface area contributed by atoms with Crippen LogP contribution in [0.2, 0.25) is 0 Å². The highest BCUT2D eigenvalue weighted by molar-refractivity contribution is 5.44. The second-order valence-electron chi connectivity index (χ2n) is 6.62. The molecule has 146 valence electrons.